The van der Waals surface area contributed by atoms with Crippen molar-refractivity contribution in [1.29, 1.82) is 0 Å². The van der Waals surface area contributed by atoms with Crippen molar-refractivity contribution in [2.24, 2.45) is 0 Å². The number of nitrogens with zero attached hydrogens (tertiary/aromatic N) is 4. The lowest BCUT2D eigenvalue weighted by molar-refractivity contribution is -0.141. The quantitative estimate of drug-likeness (QED) is 0.834. The van der Waals surface area contributed by atoms with Crippen LogP contribution in [0.3, 0.4) is 0 Å². The van der Waals surface area contributed by atoms with E-state index in [-0.39, 0.29) is 5.91 Å². The average Bonchev–Trinajstić information content (AvgIpc) is 3.17. The van der Waals surface area contributed by atoms with Crippen LogP contribution in [0.25, 0.3) is 0 Å². The Morgan fingerprint density at radius 2 is 2.08 bits per heavy atom. The molecule has 2 heterocycles. The molecule has 25 heavy (non-hydrogen) atoms. The van der Waals surface area contributed by atoms with Crippen LogP contribution in [0.2, 0.25) is 0 Å². The molecule has 3 rings (SSSR count). The van der Waals surface area contributed by atoms with Crippen molar-refractivity contribution in [3.63, 3.8) is 0 Å². The Morgan fingerprint density at radius 3 is 2.68 bits per heavy atom. The number of hydrogen-bond acceptors (Lipinski definition) is 4. The van der Waals surface area contributed by atoms with Crippen LogP contribution < -0.4 is 4.74 Å². The van der Waals surface area contributed by atoms with E-state index in [4.69, 9.17) is 4.74 Å². The lowest BCUT2D eigenvalue weighted by Gasteiger charge is -2.42. The van der Waals surface area contributed by atoms with Crippen molar-refractivity contribution in [3.05, 3.63) is 48.5 Å². The number of hydrogen-bond donors (Lipinski definition) is 0. The highest BCUT2D eigenvalue weighted by molar-refractivity contribution is 5.84. The summed E-state index contributed by atoms with van der Waals surface area (Å²) in [6.45, 7) is 2.61. The number of imidazole rings is 1. The van der Waals surface area contributed by atoms with Crippen molar-refractivity contribution in [2.45, 2.75) is 24.9 Å². The van der Waals surface area contributed by atoms with E-state index < -0.39 is 5.54 Å². The van der Waals surface area contributed by atoms with Gasteiger partial charge in [-0.15, -0.1) is 0 Å². The highest BCUT2D eigenvalue weighted by atomic mass is 16.5. The van der Waals surface area contributed by atoms with Gasteiger partial charge in [0.25, 0.3) is 0 Å². The number of ether oxygens (including phenoxy) is 1. The van der Waals surface area contributed by atoms with Gasteiger partial charge < -0.3 is 14.2 Å². The molecule has 0 radical (unpaired) electrons. The topological polar surface area (TPSA) is 50.6 Å². The van der Waals surface area contributed by atoms with Gasteiger partial charge in [-0.25, -0.2) is 4.98 Å². The Balaban J connectivity index is 1.73. The molecule has 6 nitrogen and oxygen atoms in total. The summed E-state index contributed by atoms with van der Waals surface area (Å²) in [7, 11) is 5.33. The molecule has 1 aliphatic heterocycles. The molecule has 1 saturated heterocycles. The van der Waals surface area contributed by atoms with Crippen molar-refractivity contribution in [2.75, 3.05) is 34.3 Å². The first-order valence-electron chi connectivity index (χ1n) is 8.60. The Kier molecular flexibility index (Phi) is 5.08. The number of amides is 1. The molecule has 0 spiro atoms. The zero-order chi connectivity index (χ0) is 17.9. The van der Waals surface area contributed by atoms with Gasteiger partial charge >= 0.3 is 0 Å². The van der Waals surface area contributed by atoms with Gasteiger partial charge in [0.2, 0.25) is 5.91 Å². The van der Waals surface area contributed by atoms with Gasteiger partial charge in [-0.3, -0.25) is 9.69 Å². The molecule has 0 aliphatic carbocycles. The molecule has 134 valence electrons. The highest BCUT2D eigenvalue weighted by Gasteiger charge is 2.43. The number of likely N-dealkylation sites (tertiary alicyclic amines) is 1. The van der Waals surface area contributed by atoms with E-state index in [1.54, 1.807) is 24.5 Å². The van der Waals surface area contributed by atoms with Gasteiger partial charge in [-0.2, -0.15) is 0 Å². The smallest absolute Gasteiger partial charge is 0.248 e. The fourth-order valence-corrected chi connectivity index (χ4v) is 3.62. The average molecular weight is 342 g/mol. The van der Waals surface area contributed by atoms with E-state index >= 15 is 0 Å². The Labute approximate surface area is 149 Å². The van der Waals surface area contributed by atoms with E-state index in [0.29, 0.717) is 0 Å². The number of benzene rings is 1. The summed E-state index contributed by atoms with van der Waals surface area (Å²) in [5, 5.41) is 0. The minimum absolute atomic E-state index is 0.145. The maximum Gasteiger partial charge on any atom is 0.248 e. The molecule has 1 amide bonds. The number of carbonyl (C=O) groups is 1. The summed E-state index contributed by atoms with van der Waals surface area (Å²) in [5.74, 6) is 1.02. The van der Waals surface area contributed by atoms with Crippen LogP contribution in [0.1, 0.15) is 18.4 Å². The third-order valence-corrected chi connectivity index (χ3v) is 5.03. The van der Waals surface area contributed by atoms with Crippen LogP contribution in [0.5, 0.6) is 5.75 Å². The predicted molar refractivity (Wildman–Crippen MR) is 96.4 cm³/mol. The van der Waals surface area contributed by atoms with Crippen molar-refractivity contribution in [3.8, 4) is 5.75 Å². The molecule has 0 saturated carbocycles. The first kappa shape index (κ1) is 17.5. The van der Waals surface area contributed by atoms with Crippen LogP contribution in [0, 0.1) is 0 Å². The molecular weight excluding hydrogens is 316 g/mol. The fourth-order valence-electron chi connectivity index (χ4n) is 3.62. The van der Waals surface area contributed by atoms with Crippen LogP contribution >= 0.6 is 0 Å². The Morgan fingerprint density at radius 1 is 1.32 bits per heavy atom. The van der Waals surface area contributed by atoms with Gasteiger partial charge in [0.15, 0.2) is 0 Å². The first-order valence-corrected chi connectivity index (χ1v) is 8.60. The minimum atomic E-state index is -0.523. The van der Waals surface area contributed by atoms with Crippen LogP contribution in [0.15, 0.2) is 43.0 Å². The normalized spacial score (nSPS) is 17.2. The molecule has 0 bridgehead atoms. The summed E-state index contributed by atoms with van der Waals surface area (Å²) in [6.07, 6.45) is 6.97. The maximum atomic E-state index is 12.9. The third-order valence-electron chi connectivity index (χ3n) is 5.03. The summed E-state index contributed by atoms with van der Waals surface area (Å²) < 4.78 is 7.29. The fraction of sp³-hybridized carbons (Fsp3) is 0.474. The first-order chi connectivity index (χ1) is 12.0. The number of piperidine rings is 1. The monoisotopic (exact) mass is 342 g/mol. The van der Waals surface area contributed by atoms with E-state index in [1.807, 2.05) is 37.0 Å². The van der Waals surface area contributed by atoms with Crippen molar-refractivity contribution in [1.82, 2.24) is 19.4 Å². The second-order valence-corrected chi connectivity index (χ2v) is 6.83. The second-order valence-electron chi connectivity index (χ2n) is 6.83. The standard InChI is InChI=1S/C19H26N4O2/c1-21(2)18(24)19(23-12-9-20-15-23)7-10-22(11-8-19)14-16-5-4-6-17(13-16)25-3/h4-6,9,12-13,15H,7-8,10-11,14H2,1-3H3. The summed E-state index contributed by atoms with van der Waals surface area (Å²) in [4.78, 5) is 21.2. The predicted octanol–water partition coefficient (Wildman–Crippen LogP) is 1.97. The van der Waals surface area contributed by atoms with Crippen molar-refractivity contribution >= 4 is 5.91 Å². The minimum Gasteiger partial charge on any atom is -0.497 e. The van der Waals surface area contributed by atoms with E-state index in [9.17, 15) is 4.79 Å². The summed E-state index contributed by atoms with van der Waals surface area (Å²) >= 11 is 0. The van der Waals surface area contributed by atoms with Crippen LogP contribution in [-0.2, 0) is 16.9 Å². The zero-order valence-electron chi connectivity index (χ0n) is 15.2. The largest absolute Gasteiger partial charge is 0.497 e. The van der Waals surface area contributed by atoms with Gasteiger partial charge in [0.05, 0.1) is 13.4 Å². The number of methoxy groups -OCH3 is 1. The van der Waals surface area contributed by atoms with Gasteiger partial charge in [-0.05, 0) is 30.5 Å². The molecule has 1 aromatic heterocycles. The molecule has 2 aromatic rings. The van der Waals surface area contributed by atoms with Gasteiger partial charge in [0.1, 0.15) is 11.3 Å². The van der Waals surface area contributed by atoms with Crippen molar-refractivity contribution < 1.29 is 9.53 Å². The Hall–Kier alpha value is -2.34. The molecule has 6 heteroatoms. The lowest BCUT2D eigenvalue weighted by Crippen LogP contribution is -2.54. The van der Waals surface area contributed by atoms with Crippen LogP contribution in [0.4, 0.5) is 0 Å². The molecule has 0 atom stereocenters. The number of carbonyl (C=O) groups excluding carboxylic acids is 1. The second kappa shape index (κ2) is 7.27. The van der Waals surface area contributed by atoms with E-state index in [2.05, 4.69) is 22.0 Å². The van der Waals surface area contributed by atoms with Gasteiger partial charge in [-0.1, -0.05) is 12.1 Å². The molecule has 0 N–H and O–H groups in total. The highest BCUT2D eigenvalue weighted by Crippen LogP contribution is 2.32. The number of rotatable bonds is 5. The summed E-state index contributed by atoms with van der Waals surface area (Å²) in [5.41, 5.74) is 0.707. The Bertz CT molecular complexity index is 704. The summed E-state index contributed by atoms with van der Waals surface area (Å²) in [6, 6.07) is 8.16. The third kappa shape index (κ3) is 3.54. The molecule has 1 fully saturated rings. The molecular formula is C19H26N4O2. The zero-order valence-corrected chi connectivity index (χ0v) is 15.2. The maximum absolute atomic E-state index is 12.9. The van der Waals surface area contributed by atoms with E-state index in [0.717, 1.165) is 38.2 Å². The molecule has 1 aromatic carbocycles. The SMILES string of the molecule is COc1cccc(CN2CCC(C(=O)N(C)C)(n3ccnc3)CC2)c1. The lowest BCUT2D eigenvalue weighted by atomic mass is 9.85. The molecule has 1 aliphatic rings. The van der Waals surface area contributed by atoms with Gasteiger partial charge in [0, 0.05) is 46.1 Å². The number of likely N-dealkylation sites (N-methyl/N-ethyl adjacent to an activating group) is 1. The van der Waals surface area contributed by atoms with E-state index in [1.165, 1.54) is 5.56 Å². The van der Waals surface area contributed by atoms with Crippen LogP contribution in [-0.4, -0.2) is 59.6 Å². The number of aromatic nitrogens is 2. The molecule has 0 unspecified atom stereocenters.